The fourth-order valence-corrected chi connectivity index (χ4v) is 1.32. The second-order valence-corrected chi connectivity index (χ2v) is 3.07. The van der Waals surface area contributed by atoms with Gasteiger partial charge in [-0.15, -0.1) is 12.4 Å². The van der Waals surface area contributed by atoms with Crippen LogP contribution in [0.1, 0.15) is 33.1 Å². The third-order valence-corrected chi connectivity index (χ3v) is 2.14. The van der Waals surface area contributed by atoms with Crippen LogP contribution in [-0.2, 0) is 0 Å². The molecule has 1 unspecified atom stereocenters. The highest BCUT2D eigenvalue weighted by molar-refractivity contribution is 5.85. The van der Waals surface area contributed by atoms with Crippen molar-refractivity contribution in [1.29, 1.82) is 0 Å². The van der Waals surface area contributed by atoms with E-state index in [1.54, 1.807) is 0 Å². The Hall–Kier alpha value is -0.0100. The molecular weight excluding hydrogens is 158 g/mol. The Labute approximate surface area is 75.7 Å². The minimum absolute atomic E-state index is 0. The zero-order valence-electron chi connectivity index (χ0n) is 7.39. The van der Waals surface area contributed by atoms with Crippen molar-refractivity contribution < 1.29 is 0 Å². The lowest BCUT2D eigenvalue weighted by atomic mass is 10.1. The molecule has 0 aromatic carbocycles. The second-order valence-electron chi connectivity index (χ2n) is 3.07. The van der Waals surface area contributed by atoms with Gasteiger partial charge in [-0.3, -0.25) is 0 Å². The lowest BCUT2D eigenvalue weighted by Crippen LogP contribution is -2.18. The van der Waals surface area contributed by atoms with Crippen molar-refractivity contribution in [2.45, 2.75) is 39.2 Å². The lowest BCUT2D eigenvalue weighted by Gasteiger charge is -2.04. The quantitative estimate of drug-likeness (QED) is 0.637. The zero-order chi connectivity index (χ0) is 7.40. The Morgan fingerprint density at radius 2 is 2.36 bits per heavy atom. The zero-order valence-corrected chi connectivity index (χ0v) is 8.21. The summed E-state index contributed by atoms with van der Waals surface area (Å²) in [4.78, 5) is 0. The van der Waals surface area contributed by atoms with Crippen LogP contribution in [0, 0.1) is 0 Å². The maximum atomic E-state index is 3.45. The van der Waals surface area contributed by atoms with Crippen LogP contribution >= 0.6 is 12.4 Å². The molecule has 11 heavy (non-hydrogen) atoms. The van der Waals surface area contributed by atoms with Crippen LogP contribution in [0.3, 0.4) is 0 Å². The number of allylic oxidation sites excluding steroid dienone is 1. The van der Waals surface area contributed by atoms with Crippen molar-refractivity contribution in [2.24, 2.45) is 0 Å². The molecule has 1 aliphatic heterocycles. The smallest absolute Gasteiger partial charge is 0.0252 e. The average molecular weight is 176 g/mol. The van der Waals surface area contributed by atoms with Gasteiger partial charge in [-0.2, -0.15) is 0 Å². The largest absolute Gasteiger partial charge is 0.311 e. The van der Waals surface area contributed by atoms with Crippen LogP contribution in [0.2, 0.25) is 0 Å². The fraction of sp³-hybridized carbons (Fsp3) is 0.778. The van der Waals surface area contributed by atoms with Crippen LogP contribution in [0.5, 0.6) is 0 Å². The summed E-state index contributed by atoms with van der Waals surface area (Å²) in [6.07, 6.45) is 6.24. The predicted molar refractivity (Wildman–Crippen MR) is 52.3 cm³/mol. The first-order valence-corrected chi connectivity index (χ1v) is 4.23. The number of halogens is 1. The first-order valence-electron chi connectivity index (χ1n) is 4.23. The van der Waals surface area contributed by atoms with E-state index in [0.717, 1.165) is 0 Å². The van der Waals surface area contributed by atoms with Gasteiger partial charge in [0.15, 0.2) is 0 Å². The summed E-state index contributed by atoms with van der Waals surface area (Å²) in [5.74, 6) is 0. The van der Waals surface area contributed by atoms with Crippen molar-refractivity contribution in [1.82, 2.24) is 5.32 Å². The van der Waals surface area contributed by atoms with Crippen LogP contribution in [0.25, 0.3) is 0 Å². The minimum atomic E-state index is 0. The fourth-order valence-electron chi connectivity index (χ4n) is 1.32. The predicted octanol–water partition coefficient (Wildman–Crippen LogP) is 2.52. The molecule has 1 fully saturated rings. The van der Waals surface area contributed by atoms with Crippen LogP contribution in [0.4, 0.5) is 0 Å². The van der Waals surface area contributed by atoms with Gasteiger partial charge in [-0.05, 0) is 32.7 Å². The van der Waals surface area contributed by atoms with E-state index >= 15 is 0 Å². The SMILES string of the molecule is CC/C(C)=C/C1CCCN1.Cl. The maximum absolute atomic E-state index is 3.45. The highest BCUT2D eigenvalue weighted by Crippen LogP contribution is 2.09. The van der Waals surface area contributed by atoms with Gasteiger partial charge in [0.1, 0.15) is 0 Å². The molecule has 1 heterocycles. The van der Waals surface area contributed by atoms with Gasteiger partial charge in [-0.25, -0.2) is 0 Å². The van der Waals surface area contributed by atoms with E-state index in [4.69, 9.17) is 0 Å². The Kier molecular flexibility index (Phi) is 5.61. The highest BCUT2D eigenvalue weighted by atomic mass is 35.5. The van der Waals surface area contributed by atoms with Gasteiger partial charge in [0.25, 0.3) is 0 Å². The standard InChI is InChI=1S/C9H17N.ClH/c1-3-8(2)7-9-5-4-6-10-9;/h7,9-10H,3-6H2,1-2H3;1H/b8-7+;. The van der Waals surface area contributed by atoms with Crippen LogP contribution in [-0.4, -0.2) is 12.6 Å². The third-order valence-electron chi connectivity index (χ3n) is 2.14. The summed E-state index contributed by atoms with van der Waals surface area (Å²) >= 11 is 0. The third kappa shape index (κ3) is 3.78. The first-order chi connectivity index (χ1) is 4.83. The Balaban J connectivity index is 0.000001000. The van der Waals surface area contributed by atoms with Crippen molar-refractivity contribution in [3.05, 3.63) is 11.6 Å². The number of hydrogen-bond acceptors (Lipinski definition) is 1. The summed E-state index contributed by atoms with van der Waals surface area (Å²) in [7, 11) is 0. The van der Waals surface area contributed by atoms with E-state index in [0.29, 0.717) is 6.04 Å². The van der Waals surface area contributed by atoms with Gasteiger partial charge in [0.05, 0.1) is 0 Å². The molecule has 1 saturated heterocycles. The molecule has 0 saturated carbocycles. The summed E-state index contributed by atoms with van der Waals surface area (Å²) in [6.45, 7) is 5.62. The average Bonchev–Trinajstić information content (AvgIpc) is 2.40. The van der Waals surface area contributed by atoms with Crippen molar-refractivity contribution in [2.75, 3.05) is 6.54 Å². The molecule has 66 valence electrons. The Bertz CT molecular complexity index is 126. The van der Waals surface area contributed by atoms with Gasteiger partial charge < -0.3 is 5.32 Å². The normalized spacial score (nSPS) is 24.9. The molecule has 0 radical (unpaired) electrons. The van der Waals surface area contributed by atoms with E-state index in [1.807, 2.05) is 0 Å². The molecule has 0 amide bonds. The first kappa shape index (κ1) is 11.0. The van der Waals surface area contributed by atoms with Crippen LogP contribution in [0.15, 0.2) is 11.6 Å². The van der Waals surface area contributed by atoms with Gasteiger partial charge in [0.2, 0.25) is 0 Å². The van der Waals surface area contributed by atoms with Gasteiger partial charge >= 0.3 is 0 Å². The van der Waals surface area contributed by atoms with E-state index in [9.17, 15) is 0 Å². The number of rotatable bonds is 2. The molecule has 1 aliphatic rings. The van der Waals surface area contributed by atoms with E-state index < -0.39 is 0 Å². The molecule has 2 heteroatoms. The number of nitrogens with one attached hydrogen (secondary N) is 1. The molecule has 0 spiro atoms. The van der Waals surface area contributed by atoms with Crippen molar-refractivity contribution in [3.8, 4) is 0 Å². The molecule has 0 aromatic heterocycles. The molecule has 1 N–H and O–H groups in total. The highest BCUT2D eigenvalue weighted by Gasteiger charge is 2.10. The summed E-state index contributed by atoms with van der Waals surface area (Å²) in [5, 5.41) is 3.45. The van der Waals surface area contributed by atoms with Crippen LogP contribution < -0.4 is 5.32 Å². The molecule has 1 atom stereocenters. The second kappa shape index (κ2) is 5.62. The Morgan fingerprint density at radius 3 is 2.82 bits per heavy atom. The topological polar surface area (TPSA) is 12.0 Å². The van der Waals surface area contributed by atoms with Crippen molar-refractivity contribution in [3.63, 3.8) is 0 Å². The van der Waals surface area contributed by atoms with E-state index in [2.05, 4.69) is 25.2 Å². The van der Waals surface area contributed by atoms with Gasteiger partial charge in [-0.1, -0.05) is 18.6 Å². The van der Waals surface area contributed by atoms with Gasteiger partial charge in [0, 0.05) is 6.04 Å². The van der Waals surface area contributed by atoms with E-state index in [-0.39, 0.29) is 12.4 Å². The van der Waals surface area contributed by atoms with E-state index in [1.165, 1.54) is 31.4 Å². The van der Waals surface area contributed by atoms with Crippen molar-refractivity contribution >= 4 is 12.4 Å². The summed E-state index contributed by atoms with van der Waals surface area (Å²) < 4.78 is 0. The molecule has 0 aliphatic carbocycles. The molecule has 1 rings (SSSR count). The molecule has 1 nitrogen and oxygen atoms in total. The summed E-state index contributed by atoms with van der Waals surface area (Å²) in [6, 6.07) is 0.681. The molecule has 0 aromatic rings. The monoisotopic (exact) mass is 175 g/mol. The maximum Gasteiger partial charge on any atom is 0.0252 e. The minimum Gasteiger partial charge on any atom is -0.311 e. The molecular formula is C9H18ClN. The number of hydrogen-bond donors (Lipinski definition) is 1. The summed E-state index contributed by atoms with van der Waals surface area (Å²) in [5.41, 5.74) is 1.51. The Morgan fingerprint density at radius 1 is 1.64 bits per heavy atom. The molecule has 0 bridgehead atoms. The lowest BCUT2D eigenvalue weighted by molar-refractivity contribution is 0.719.